The smallest absolute Gasteiger partial charge is 0.410 e. The highest BCUT2D eigenvalue weighted by molar-refractivity contribution is 5.74. The molecular formula is C15H22N2O3. The van der Waals surface area contributed by atoms with E-state index in [9.17, 15) is 4.79 Å². The molecule has 2 rings (SSSR count). The highest BCUT2D eigenvalue weighted by atomic mass is 16.6. The Morgan fingerprint density at radius 3 is 2.75 bits per heavy atom. The molecule has 5 heteroatoms. The van der Waals surface area contributed by atoms with Crippen molar-refractivity contribution >= 4 is 11.7 Å². The number of hydrogen-bond acceptors (Lipinski definition) is 4. The van der Waals surface area contributed by atoms with Crippen molar-refractivity contribution in [3.05, 3.63) is 29.7 Å². The van der Waals surface area contributed by atoms with Crippen LogP contribution in [-0.2, 0) is 4.74 Å². The number of amides is 1. The lowest BCUT2D eigenvalue weighted by atomic mass is 10.0. The lowest BCUT2D eigenvalue weighted by molar-refractivity contribution is 0.0264. The minimum atomic E-state index is -0.510. The Hall–Kier alpha value is -1.75. The topological polar surface area (TPSA) is 68.7 Å². The van der Waals surface area contributed by atoms with Crippen LogP contribution in [0.1, 0.15) is 32.1 Å². The molecule has 1 aromatic heterocycles. The van der Waals surface area contributed by atoms with E-state index < -0.39 is 5.60 Å². The summed E-state index contributed by atoms with van der Waals surface area (Å²) in [6, 6.07) is 1.73. The van der Waals surface area contributed by atoms with Gasteiger partial charge in [0.1, 0.15) is 11.4 Å². The van der Waals surface area contributed by atoms with Gasteiger partial charge in [-0.1, -0.05) is 6.08 Å². The number of rotatable bonds is 1. The van der Waals surface area contributed by atoms with Gasteiger partial charge in [0, 0.05) is 18.2 Å². The number of nitrogens with zero attached hydrogens (tertiary/aromatic N) is 1. The molecule has 0 saturated heterocycles. The van der Waals surface area contributed by atoms with Crippen LogP contribution in [-0.4, -0.2) is 35.7 Å². The third-order valence-corrected chi connectivity index (χ3v) is 2.91. The molecule has 1 aliphatic heterocycles. The number of aryl methyl sites for hydroxylation is 1. The maximum absolute atomic E-state index is 12.1. The van der Waals surface area contributed by atoms with E-state index >= 15 is 0 Å². The van der Waals surface area contributed by atoms with Crippen LogP contribution >= 0.6 is 0 Å². The average Bonchev–Trinajstić information content (AvgIpc) is 2.73. The molecule has 0 saturated carbocycles. The van der Waals surface area contributed by atoms with E-state index in [1.165, 1.54) is 0 Å². The van der Waals surface area contributed by atoms with Crippen LogP contribution in [0.15, 0.2) is 22.8 Å². The minimum absolute atomic E-state index is 0.211. The van der Waals surface area contributed by atoms with Gasteiger partial charge >= 0.3 is 6.09 Å². The van der Waals surface area contributed by atoms with E-state index in [0.29, 0.717) is 13.1 Å². The molecule has 1 aromatic rings. The summed E-state index contributed by atoms with van der Waals surface area (Å²) in [5.41, 5.74) is 7.45. The molecule has 0 fully saturated rings. The predicted octanol–water partition coefficient (Wildman–Crippen LogP) is 2.55. The summed E-state index contributed by atoms with van der Waals surface area (Å²) < 4.78 is 10.9. The summed E-state index contributed by atoms with van der Waals surface area (Å²) in [5, 5.41) is 0. The Balaban J connectivity index is 2.12. The molecule has 2 heterocycles. The van der Waals surface area contributed by atoms with Crippen LogP contribution in [0.5, 0.6) is 0 Å². The van der Waals surface area contributed by atoms with Crippen molar-refractivity contribution in [3.8, 4) is 0 Å². The number of furan rings is 1. The van der Waals surface area contributed by atoms with Gasteiger partial charge in [-0.25, -0.2) is 4.79 Å². The van der Waals surface area contributed by atoms with Gasteiger partial charge in [-0.2, -0.15) is 0 Å². The van der Waals surface area contributed by atoms with Crippen molar-refractivity contribution < 1.29 is 13.9 Å². The van der Waals surface area contributed by atoms with Crippen molar-refractivity contribution in [2.75, 3.05) is 13.1 Å². The second-order valence-corrected chi connectivity index (χ2v) is 6.20. The van der Waals surface area contributed by atoms with Gasteiger partial charge in [0.25, 0.3) is 0 Å². The molecule has 0 aromatic carbocycles. The maximum atomic E-state index is 12.1. The molecular weight excluding hydrogens is 256 g/mol. The second-order valence-electron chi connectivity index (χ2n) is 6.20. The molecule has 0 spiro atoms. The van der Waals surface area contributed by atoms with Gasteiger partial charge in [-0.15, -0.1) is 0 Å². The zero-order chi connectivity index (χ0) is 14.9. The number of ether oxygens (including phenoxy) is 1. The standard InChI is InChI=1S/C15H22N2O3/c1-10-5-13(19-9-10)11-6-12(16)8-17(7-11)14(18)20-15(2,3)4/h5-6,9,12H,7-8,16H2,1-4H3. The van der Waals surface area contributed by atoms with E-state index in [1.807, 2.05) is 39.8 Å². The molecule has 20 heavy (non-hydrogen) atoms. The van der Waals surface area contributed by atoms with Crippen LogP contribution in [0.25, 0.3) is 5.57 Å². The zero-order valence-corrected chi connectivity index (χ0v) is 12.5. The summed E-state index contributed by atoms with van der Waals surface area (Å²) in [7, 11) is 0. The SMILES string of the molecule is Cc1coc(C2=CC(N)CN(C(=O)OC(C)(C)C)C2)c1. The molecule has 1 aliphatic rings. The summed E-state index contributed by atoms with van der Waals surface area (Å²) in [5.74, 6) is 0.756. The molecule has 1 amide bonds. The van der Waals surface area contributed by atoms with Crippen molar-refractivity contribution in [1.82, 2.24) is 4.90 Å². The first-order chi connectivity index (χ1) is 9.24. The Labute approximate surface area is 119 Å². The Bertz CT molecular complexity index is 525. The lowest BCUT2D eigenvalue weighted by Gasteiger charge is -2.32. The largest absolute Gasteiger partial charge is 0.464 e. The van der Waals surface area contributed by atoms with Gasteiger partial charge in [-0.05, 0) is 39.3 Å². The monoisotopic (exact) mass is 278 g/mol. The molecule has 110 valence electrons. The first-order valence-corrected chi connectivity index (χ1v) is 6.74. The third kappa shape index (κ3) is 3.63. The van der Waals surface area contributed by atoms with Gasteiger partial charge < -0.3 is 19.8 Å². The molecule has 1 unspecified atom stereocenters. The van der Waals surface area contributed by atoms with Gasteiger partial charge in [0.05, 0.1) is 12.8 Å². The van der Waals surface area contributed by atoms with Crippen molar-refractivity contribution in [1.29, 1.82) is 0 Å². The van der Waals surface area contributed by atoms with Gasteiger partial charge in [-0.3, -0.25) is 0 Å². The van der Waals surface area contributed by atoms with Crippen LogP contribution in [0.2, 0.25) is 0 Å². The summed E-state index contributed by atoms with van der Waals surface area (Å²) in [6.45, 7) is 8.42. The second kappa shape index (κ2) is 5.32. The fourth-order valence-corrected chi connectivity index (χ4v) is 2.11. The van der Waals surface area contributed by atoms with E-state index in [-0.39, 0.29) is 12.1 Å². The first kappa shape index (κ1) is 14.7. The van der Waals surface area contributed by atoms with E-state index in [1.54, 1.807) is 11.2 Å². The zero-order valence-electron chi connectivity index (χ0n) is 12.5. The molecule has 0 aliphatic carbocycles. The van der Waals surface area contributed by atoms with Gasteiger partial charge in [0.2, 0.25) is 0 Å². The number of carbonyl (C=O) groups excluding carboxylic acids is 1. The van der Waals surface area contributed by atoms with Crippen molar-refractivity contribution in [2.45, 2.75) is 39.3 Å². The summed E-state index contributed by atoms with van der Waals surface area (Å²) >= 11 is 0. The van der Waals surface area contributed by atoms with E-state index in [0.717, 1.165) is 16.9 Å². The Morgan fingerprint density at radius 2 is 2.20 bits per heavy atom. The highest BCUT2D eigenvalue weighted by Crippen LogP contribution is 2.23. The fraction of sp³-hybridized carbons (Fsp3) is 0.533. The molecule has 2 N–H and O–H groups in total. The van der Waals surface area contributed by atoms with Crippen LogP contribution < -0.4 is 5.73 Å². The minimum Gasteiger partial charge on any atom is -0.464 e. The predicted molar refractivity (Wildman–Crippen MR) is 77.2 cm³/mol. The van der Waals surface area contributed by atoms with Crippen molar-refractivity contribution in [3.63, 3.8) is 0 Å². The van der Waals surface area contributed by atoms with E-state index in [4.69, 9.17) is 14.9 Å². The number of carbonyl (C=O) groups is 1. The summed E-state index contributed by atoms with van der Waals surface area (Å²) in [6.07, 6.45) is 3.29. The van der Waals surface area contributed by atoms with E-state index in [2.05, 4.69) is 0 Å². The fourth-order valence-electron chi connectivity index (χ4n) is 2.11. The highest BCUT2D eigenvalue weighted by Gasteiger charge is 2.28. The van der Waals surface area contributed by atoms with Crippen molar-refractivity contribution in [2.24, 2.45) is 5.73 Å². The van der Waals surface area contributed by atoms with Crippen LogP contribution in [0.3, 0.4) is 0 Å². The Kier molecular flexibility index (Phi) is 3.90. The maximum Gasteiger partial charge on any atom is 0.410 e. The lowest BCUT2D eigenvalue weighted by Crippen LogP contribution is -2.46. The van der Waals surface area contributed by atoms with Crippen LogP contribution in [0, 0.1) is 6.92 Å². The first-order valence-electron chi connectivity index (χ1n) is 6.74. The number of nitrogens with two attached hydrogens (primary N) is 1. The average molecular weight is 278 g/mol. The summed E-state index contributed by atoms with van der Waals surface area (Å²) in [4.78, 5) is 13.7. The molecule has 1 atom stereocenters. The quantitative estimate of drug-likeness (QED) is 0.857. The molecule has 5 nitrogen and oxygen atoms in total. The Morgan fingerprint density at radius 1 is 1.50 bits per heavy atom. The molecule has 0 bridgehead atoms. The van der Waals surface area contributed by atoms with Crippen LogP contribution in [0.4, 0.5) is 4.79 Å². The van der Waals surface area contributed by atoms with Gasteiger partial charge in [0.15, 0.2) is 0 Å². The normalized spacial score (nSPS) is 19.8. The third-order valence-electron chi connectivity index (χ3n) is 2.91. The number of hydrogen-bond donors (Lipinski definition) is 1. The molecule has 0 radical (unpaired) electrons.